The minimum Gasteiger partial charge on any atom is -0.355 e. The summed E-state index contributed by atoms with van der Waals surface area (Å²) >= 11 is 0. The van der Waals surface area contributed by atoms with Gasteiger partial charge in [0.2, 0.25) is 0 Å². The minimum absolute atomic E-state index is 0.198. The van der Waals surface area contributed by atoms with Crippen molar-refractivity contribution in [2.24, 2.45) is 0 Å². The van der Waals surface area contributed by atoms with E-state index in [1.54, 1.807) is 14.2 Å². The largest absolute Gasteiger partial charge is 0.355 e. The molecule has 0 radical (unpaired) electrons. The zero-order valence-electron chi connectivity index (χ0n) is 13.0. The molecule has 0 aliphatic carbocycles. The fourth-order valence-corrected chi connectivity index (χ4v) is 1.93. The summed E-state index contributed by atoms with van der Waals surface area (Å²) in [6.45, 7) is 9.51. The number of ether oxygens (including phenoxy) is 2. The molecule has 1 N–H and O–H groups in total. The standard InChI is InChI=1S/C16H27NO2/c1-12(17-11-15(18-5)19-6)13-7-9-14(10-8-13)16(2,3)4/h7-10,12,15,17H,11H2,1-6H3. The van der Waals surface area contributed by atoms with Gasteiger partial charge in [-0.1, -0.05) is 45.0 Å². The van der Waals surface area contributed by atoms with Gasteiger partial charge < -0.3 is 14.8 Å². The monoisotopic (exact) mass is 265 g/mol. The lowest BCUT2D eigenvalue weighted by atomic mass is 9.86. The van der Waals surface area contributed by atoms with Gasteiger partial charge in [0.05, 0.1) is 0 Å². The zero-order chi connectivity index (χ0) is 14.5. The first-order chi connectivity index (χ1) is 8.88. The number of hydrogen-bond donors (Lipinski definition) is 1. The van der Waals surface area contributed by atoms with E-state index in [4.69, 9.17) is 9.47 Å². The molecule has 1 rings (SSSR count). The predicted molar refractivity (Wildman–Crippen MR) is 79.4 cm³/mol. The molecule has 0 aliphatic heterocycles. The Morgan fingerprint density at radius 1 is 1.05 bits per heavy atom. The molecule has 1 aromatic rings. The number of benzene rings is 1. The van der Waals surface area contributed by atoms with Crippen LogP contribution in [0.2, 0.25) is 0 Å². The number of rotatable bonds is 6. The van der Waals surface area contributed by atoms with E-state index in [0.717, 1.165) is 0 Å². The third kappa shape index (κ3) is 4.94. The Bertz CT molecular complexity index is 363. The van der Waals surface area contributed by atoms with Crippen LogP contribution in [0, 0.1) is 0 Å². The first-order valence-electron chi connectivity index (χ1n) is 6.78. The number of nitrogens with one attached hydrogen (secondary N) is 1. The van der Waals surface area contributed by atoms with Crippen molar-refractivity contribution in [3.05, 3.63) is 35.4 Å². The van der Waals surface area contributed by atoms with Gasteiger partial charge in [0, 0.05) is 26.8 Å². The van der Waals surface area contributed by atoms with Crippen LogP contribution < -0.4 is 5.32 Å². The highest BCUT2D eigenvalue weighted by Crippen LogP contribution is 2.23. The van der Waals surface area contributed by atoms with Gasteiger partial charge in [-0.15, -0.1) is 0 Å². The Labute approximate surface area is 117 Å². The van der Waals surface area contributed by atoms with Gasteiger partial charge in [-0.05, 0) is 23.5 Å². The lowest BCUT2D eigenvalue weighted by molar-refractivity contribution is -0.0997. The van der Waals surface area contributed by atoms with Crippen molar-refractivity contribution in [3.8, 4) is 0 Å². The Morgan fingerprint density at radius 3 is 2.00 bits per heavy atom. The van der Waals surface area contributed by atoms with Crippen LogP contribution >= 0.6 is 0 Å². The normalized spacial score (nSPS) is 13.8. The summed E-state index contributed by atoms with van der Waals surface area (Å²) in [7, 11) is 3.30. The third-order valence-corrected chi connectivity index (χ3v) is 3.39. The van der Waals surface area contributed by atoms with E-state index in [9.17, 15) is 0 Å². The van der Waals surface area contributed by atoms with Crippen LogP contribution in [0.5, 0.6) is 0 Å². The average Bonchev–Trinajstić information content (AvgIpc) is 2.39. The molecule has 3 nitrogen and oxygen atoms in total. The van der Waals surface area contributed by atoms with Gasteiger partial charge in [-0.3, -0.25) is 0 Å². The maximum Gasteiger partial charge on any atom is 0.169 e. The maximum absolute atomic E-state index is 5.16. The Hall–Kier alpha value is -0.900. The van der Waals surface area contributed by atoms with Gasteiger partial charge in [-0.2, -0.15) is 0 Å². The predicted octanol–water partition coefficient (Wildman–Crippen LogP) is 3.25. The molecule has 0 saturated heterocycles. The molecule has 0 heterocycles. The third-order valence-electron chi connectivity index (χ3n) is 3.39. The van der Waals surface area contributed by atoms with Gasteiger partial charge >= 0.3 is 0 Å². The molecule has 1 aromatic carbocycles. The second-order valence-corrected chi connectivity index (χ2v) is 5.90. The number of methoxy groups -OCH3 is 2. The zero-order valence-corrected chi connectivity index (χ0v) is 13.0. The van der Waals surface area contributed by atoms with E-state index >= 15 is 0 Å². The highest BCUT2D eigenvalue weighted by Gasteiger charge is 2.14. The second-order valence-electron chi connectivity index (χ2n) is 5.90. The van der Waals surface area contributed by atoms with Crippen LogP contribution in [0.3, 0.4) is 0 Å². The quantitative estimate of drug-likeness (QED) is 0.801. The molecule has 0 spiro atoms. The topological polar surface area (TPSA) is 30.5 Å². The SMILES string of the molecule is COC(CNC(C)c1ccc(C(C)(C)C)cc1)OC. The van der Waals surface area contributed by atoms with Crippen molar-refractivity contribution in [2.45, 2.75) is 45.4 Å². The summed E-state index contributed by atoms with van der Waals surface area (Å²) < 4.78 is 10.3. The van der Waals surface area contributed by atoms with Crippen molar-refractivity contribution < 1.29 is 9.47 Å². The maximum atomic E-state index is 5.16. The van der Waals surface area contributed by atoms with E-state index in [2.05, 4.69) is 57.3 Å². The van der Waals surface area contributed by atoms with Crippen LogP contribution in [-0.2, 0) is 14.9 Å². The Morgan fingerprint density at radius 2 is 1.58 bits per heavy atom. The summed E-state index contributed by atoms with van der Waals surface area (Å²) in [5, 5.41) is 3.41. The average molecular weight is 265 g/mol. The van der Waals surface area contributed by atoms with Crippen molar-refractivity contribution in [1.82, 2.24) is 5.32 Å². The first kappa shape index (κ1) is 16.2. The summed E-state index contributed by atoms with van der Waals surface area (Å²) in [5.74, 6) is 0. The summed E-state index contributed by atoms with van der Waals surface area (Å²) in [5.41, 5.74) is 2.83. The molecule has 0 saturated carbocycles. The summed E-state index contributed by atoms with van der Waals surface area (Å²) in [6, 6.07) is 9.07. The van der Waals surface area contributed by atoms with E-state index in [-0.39, 0.29) is 17.7 Å². The molecule has 0 aliphatic rings. The molecule has 3 heteroatoms. The second kappa shape index (κ2) is 7.04. The van der Waals surface area contributed by atoms with Crippen LogP contribution in [0.15, 0.2) is 24.3 Å². The van der Waals surface area contributed by atoms with Crippen molar-refractivity contribution >= 4 is 0 Å². The summed E-state index contributed by atoms with van der Waals surface area (Å²) in [6.07, 6.45) is -0.198. The fraction of sp³-hybridized carbons (Fsp3) is 0.625. The van der Waals surface area contributed by atoms with Gasteiger partial charge in [-0.25, -0.2) is 0 Å². The fourth-order valence-electron chi connectivity index (χ4n) is 1.93. The summed E-state index contributed by atoms with van der Waals surface area (Å²) in [4.78, 5) is 0. The number of hydrogen-bond acceptors (Lipinski definition) is 3. The van der Waals surface area contributed by atoms with E-state index in [0.29, 0.717) is 6.54 Å². The molecular formula is C16H27NO2. The molecule has 1 unspecified atom stereocenters. The molecule has 0 bridgehead atoms. The lowest BCUT2D eigenvalue weighted by Crippen LogP contribution is -2.31. The first-order valence-corrected chi connectivity index (χ1v) is 6.78. The van der Waals surface area contributed by atoms with Crippen LogP contribution in [-0.4, -0.2) is 27.1 Å². The van der Waals surface area contributed by atoms with Crippen LogP contribution in [0.1, 0.15) is 44.9 Å². The van der Waals surface area contributed by atoms with Gasteiger partial charge in [0.25, 0.3) is 0 Å². The highest BCUT2D eigenvalue weighted by atomic mass is 16.7. The highest BCUT2D eigenvalue weighted by molar-refractivity contribution is 5.28. The minimum atomic E-state index is -0.198. The molecule has 108 valence electrons. The molecule has 0 fully saturated rings. The molecule has 19 heavy (non-hydrogen) atoms. The van der Waals surface area contributed by atoms with Gasteiger partial charge in [0.15, 0.2) is 6.29 Å². The van der Waals surface area contributed by atoms with Crippen LogP contribution in [0.25, 0.3) is 0 Å². The van der Waals surface area contributed by atoms with Gasteiger partial charge in [0.1, 0.15) is 0 Å². The van der Waals surface area contributed by atoms with E-state index < -0.39 is 0 Å². The molecular weight excluding hydrogens is 238 g/mol. The molecule has 0 amide bonds. The van der Waals surface area contributed by atoms with E-state index in [1.165, 1.54) is 11.1 Å². The molecule has 0 aromatic heterocycles. The molecule has 1 atom stereocenters. The van der Waals surface area contributed by atoms with E-state index in [1.807, 2.05) is 0 Å². The van der Waals surface area contributed by atoms with Crippen LogP contribution in [0.4, 0.5) is 0 Å². The Balaban J connectivity index is 2.60. The smallest absolute Gasteiger partial charge is 0.169 e. The van der Waals surface area contributed by atoms with Crippen molar-refractivity contribution in [2.75, 3.05) is 20.8 Å². The van der Waals surface area contributed by atoms with Crippen molar-refractivity contribution in [1.29, 1.82) is 0 Å². The lowest BCUT2D eigenvalue weighted by Gasteiger charge is -2.22. The Kier molecular flexibility index (Phi) is 5.98. The van der Waals surface area contributed by atoms with Crippen molar-refractivity contribution in [3.63, 3.8) is 0 Å².